The lowest BCUT2D eigenvalue weighted by Crippen LogP contribution is -2.52. The van der Waals surface area contributed by atoms with Crippen molar-refractivity contribution in [1.82, 2.24) is 15.1 Å². The first-order valence-electron chi connectivity index (χ1n) is 7.97. The molecule has 0 radical (unpaired) electrons. The number of nitrogens with zero attached hydrogens (tertiary/aromatic N) is 3. The molecule has 1 aliphatic heterocycles. The molecule has 1 heterocycles. The van der Waals surface area contributed by atoms with E-state index in [4.69, 9.17) is 0 Å². The van der Waals surface area contributed by atoms with Gasteiger partial charge in [-0.25, -0.2) is 0 Å². The van der Waals surface area contributed by atoms with Gasteiger partial charge in [-0.15, -0.1) is 0 Å². The van der Waals surface area contributed by atoms with Gasteiger partial charge >= 0.3 is 0 Å². The van der Waals surface area contributed by atoms with E-state index in [1.807, 2.05) is 18.8 Å². The zero-order chi connectivity index (χ0) is 15.8. The van der Waals surface area contributed by atoms with Crippen LogP contribution < -0.4 is 5.32 Å². The number of rotatable bonds is 5. The Bertz CT molecular complexity index is 455. The molecule has 1 aromatic rings. The van der Waals surface area contributed by atoms with Crippen molar-refractivity contribution in [3.8, 4) is 0 Å². The van der Waals surface area contributed by atoms with Crippen LogP contribution in [0, 0.1) is 0 Å². The topological polar surface area (TPSA) is 30.9 Å². The van der Waals surface area contributed by atoms with Crippen LogP contribution in [0.25, 0.3) is 0 Å². The van der Waals surface area contributed by atoms with Crippen LogP contribution in [0.4, 0.5) is 0 Å². The summed E-state index contributed by atoms with van der Waals surface area (Å²) in [6, 6.07) is 10.7. The average molecular weight is 321 g/mol. The first-order valence-corrected chi connectivity index (χ1v) is 9.26. The number of guanidine groups is 1. The van der Waals surface area contributed by atoms with Gasteiger partial charge in [0, 0.05) is 51.6 Å². The molecular weight excluding hydrogens is 292 g/mol. The maximum atomic E-state index is 4.43. The number of hydrogen-bond acceptors (Lipinski definition) is 3. The van der Waals surface area contributed by atoms with E-state index in [2.05, 4.69) is 63.6 Å². The van der Waals surface area contributed by atoms with Crippen molar-refractivity contribution in [1.29, 1.82) is 0 Å². The Hall–Kier alpha value is -1.20. The molecule has 0 bridgehead atoms. The molecule has 122 valence electrons. The number of benzene rings is 1. The molecular formula is C17H28N4S. The highest BCUT2D eigenvalue weighted by atomic mass is 32.2. The Morgan fingerprint density at radius 1 is 1.23 bits per heavy atom. The van der Waals surface area contributed by atoms with Gasteiger partial charge in [-0.2, -0.15) is 11.8 Å². The maximum absolute atomic E-state index is 4.43. The summed E-state index contributed by atoms with van der Waals surface area (Å²) < 4.78 is 0. The van der Waals surface area contributed by atoms with Crippen LogP contribution in [0.15, 0.2) is 35.3 Å². The fourth-order valence-electron chi connectivity index (χ4n) is 2.61. The lowest BCUT2D eigenvalue weighted by molar-refractivity contribution is 0.172. The van der Waals surface area contributed by atoms with Gasteiger partial charge in [0.2, 0.25) is 0 Å². The first kappa shape index (κ1) is 17.2. The number of thioether (sulfide) groups is 1. The minimum absolute atomic E-state index is 0.608. The molecule has 1 aromatic carbocycles. The van der Waals surface area contributed by atoms with Crippen LogP contribution in [-0.4, -0.2) is 67.0 Å². The fourth-order valence-corrected chi connectivity index (χ4v) is 2.86. The molecule has 0 aliphatic carbocycles. The Morgan fingerprint density at radius 3 is 2.50 bits per heavy atom. The summed E-state index contributed by atoms with van der Waals surface area (Å²) in [5.41, 5.74) is 1.40. The van der Waals surface area contributed by atoms with E-state index in [1.54, 1.807) is 0 Å². The van der Waals surface area contributed by atoms with Crippen LogP contribution in [0.3, 0.4) is 0 Å². The number of piperazine rings is 1. The molecule has 0 aromatic heterocycles. The van der Waals surface area contributed by atoms with Crippen LogP contribution >= 0.6 is 11.8 Å². The second-order valence-electron chi connectivity index (χ2n) is 5.72. The molecule has 0 spiro atoms. The molecule has 22 heavy (non-hydrogen) atoms. The SMILES string of the molecule is CN=C(NCC(C)SC)N1CCN(Cc2ccccc2)CC1. The number of hydrogen-bond donors (Lipinski definition) is 1. The summed E-state index contributed by atoms with van der Waals surface area (Å²) >= 11 is 1.88. The summed E-state index contributed by atoms with van der Waals surface area (Å²) in [6.07, 6.45) is 2.15. The van der Waals surface area contributed by atoms with Crippen LogP contribution in [0.1, 0.15) is 12.5 Å². The highest BCUT2D eigenvalue weighted by molar-refractivity contribution is 7.99. The zero-order valence-corrected chi connectivity index (χ0v) is 14.8. The van der Waals surface area contributed by atoms with E-state index in [0.717, 1.165) is 45.2 Å². The highest BCUT2D eigenvalue weighted by Crippen LogP contribution is 2.09. The molecule has 1 saturated heterocycles. The van der Waals surface area contributed by atoms with Gasteiger partial charge in [0.25, 0.3) is 0 Å². The van der Waals surface area contributed by atoms with Gasteiger partial charge < -0.3 is 10.2 Å². The normalized spacial score (nSPS) is 18.3. The molecule has 5 heteroatoms. The monoisotopic (exact) mass is 320 g/mol. The highest BCUT2D eigenvalue weighted by Gasteiger charge is 2.19. The molecule has 2 rings (SSSR count). The Kier molecular flexibility index (Phi) is 7.06. The number of aliphatic imine (C=N–C) groups is 1. The van der Waals surface area contributed by atoms with Gasteiger partial charge in [0.15, 0.2) is 5.96 Å². The Morgan fingerprint density at radius 2 is 1.91 bits per heavy atom. The Labute approximate surface area is 139 Å². The van der Waals surface area contributed by atoms with Crippen LogP contribution in [0.5, 0.6) is 0 Å². The standard InChI is InChI=1S/C17H28N4S/c1-15(22-3)13-19-17(18-2)21-11-9-20(10-12-21)14-16-7-5-4-6-8-16/h4-8,15H,9-14H2,1-3H3,(H,18,19). The summed E-state index contributed by atoms with van der Waals surface area (Å²) in [4.78, 5) is 9.32. The third kappa shape index (κ3) is 5.21. The van der Waals surface area contributed by atoms with E-state index in [0.29, 0.717) is 5.25 Å². The zero-order valence-electron chi connectivity index (χ0n) is 14.0. The maximum Gasteiger partial charge on any atom is 0.193 e. The third-order valence-electron chi connectivity index (χ3n) is 4.08. The predicted molar refractivity (Wildman–Crippen MR) is 97.6 cm³/mol. The molecule has 0 saturated carbocycles. The van der Waals surface area contributed by atoms with Crippen molar-refractivity contribution >= 4 is 17.7 Å². The van der Waals surface area contributed by atoms with Crippen LogP contribution in [0.2, 0.25) is 0 Å². The van der Waals surface area contributed by atoms with E-state index >= 15 is 0 Å². The molecule has 1 aliphatic rings. The van der Waals surface area contributed by atoms with Crippen molar-refractivity contribution < 1.29 is 0 Å². The summed E-state index contributed by atoms with van der Waals surface area (Å²) in [5.74, 6) is 1.04. The lowest BCUT2D eigenvalue weighted by Gasteiger charge is -2.36. The first-order chi connectivity index (χ1) is 10.7. The summed E-state index contributed by atoms with van der Waals surface area (Å²) in [7, 11) is 1.88. The van der Waals surface area contributed by atoms with Crippen molar-refractivity contribution in [3.05, 3.63) is 35.9 Å². The molecule has 1 N–H and O–H groups in total. The third-order valence-corrected chi connectivity index (χ3v) is 5.05. The molecule has 1 unspecified atom stereocenters. The van der Waals surface area contributed by atoms with Gasteiger partial charge in [-0.05, 0) is 11.8 Å². The van der Waals surface area contributed by atoms with Crippen molar-refractivity contribution in [2.24, 2.45) is 4.99 Å². The van der Waals surface area contributed by atoms with Gasteiger partial charge in [0.05, 0.1) is 0 Å². The van der Waals surface area contributed by atoms with Crippen molar-refractivity contribution in [2.75, 3.05) is 46.0 Å². The number of nitrogens with one attached hydrogen (secondary N) is 1. The van der Waals surface area contributed by atoms with Gasteiger partial charge in [-0.3, -0.25) is 9.89 Å². The van der Waals surface area contributed by atoms with E-state index < -0.39 is 0 Å². The van der Waals surface area contributed by atoms with Gasteiger partial charge in [0.1, 0.15) is 0 Å². The van der Waals surface area contributed by atoms with E-state index in [1.165, 1.54) is 5.56 Å². The minimum Gasteiger partial charge on any atom is -0.355 e. The lowest BCUT2D eigenvalue weighted by atomic mass is 10.2. The molecule has 1 atom stereocenters. The van der Waals surface area contributed by atoms with Crippen molar-refractivity contribution in [2.45, 2.75) is 18.7 Å². The van der Waals surface area contributed by atoms with Gasteiger partial charge in [-0.1, -0.05) is 37.3 Å². The van der Waals surface area contributed by atoms with E-state index in [9.17, 15) is 0 Å². The molecule has 1 fully saturated rings. The van der Waals surface area contributed by atoms with Crippen LogP contribution in [-0.2, 0) is 6.54 Å². The smallest absolute Gasteiger partial charge is 0.193 e. The van der Waals surface area contributed by atoms with Crippen molar-refractivity contribution in [3.63, 3.8) is 0 Å². The molecule has 0 amide bonds. The largest absolute Gasteiger partial charge is 0.355 e. The summed E-state index contributed by atoms with van der Waals surface area (Å²) in [5, 5.41) is 4.10. The Balaban J connectivity index is 1.78. The second kappa shape index (κ2) is 9.06. The van der Waals surface area contributed by atoms with E-state index in [-0.39, 0.29) is 0 Å². The quantitative estimate of drug-likeness (QED) is 0.665. The molecule has 4 nitrogen and oxygen atoms in total. The summed E-state index contributed by atoms with van der Waals surface area (Å²) in [6.45, 7) is 8.52. The predicted octanol–water partition coefficient (Wildman–Crippen LogP) is 2.13. The second-order valence-corrected chi connectivity index (χ2v) is 7.00. The average Bonchev–Trinajstić information content (AvgIpc) is 2.57. The fraction of sp³-hybridized carbons (Fsp3) is 0.588. The minimum atomic E-state index is 0.608.